The molecule has 5 nitrogen and oxygen atoms in total. The van der Waals surface area contributed by atoms with Crippen LogP contribution in [0, 0.1) is 5.92 Å². The monoisotopic (exact) mass is 375 g/mol. The van der Waals surface area contributed by atoms with Crippen molar-refractivity contribution in [3.63, 3.8) is 0 Å². The molecule has 0 radical (unpaired) electrons. The fraction of sp³-hybridized carbons (Fsp3) is 0.450. The predicted octanol–water partition coefficient (Wildman–Crippen LogP) is 3.95. The van der Waals surface area contributed by atoms with Crippen molar-refractivity contribution in [2.75, 3.05) is 6.54 Å². The van der Waals surface area contributed by atoms with E-state index in [1.54, 1.807) is 36.4 Å². The van der Waals surface area contributed by atoms with Crippen LogP contribution in [0.4, 0.5) is 0 Å². The fourth-order valence-electron chi connectivity index (χ4n) is 3.43. The van der Waals surface area contributed by atoms with Crippen molar-refractivity contribution in [1.82, 2.24) is 5.32 Å². The first kappa shape index (κ1) is 18.7. The average Bonchev–Trinajstić information content (AvgIpc) is 3.11. The molecule has 0 atom stereocenters. The second-order valence-electron chi connectivity index (χ2n) is 6.89. The van der Waals surface area contributed by atoms with Gasteiger partial charge in [-0.05, 0) is 36.6 Å². The van der Waals surface area contributed by atoms with Gasteiger partial charge in [0.1, 0.15) is 11.5 Å². The highest BCUT2D eigenvalue weighted by atomic mass is 32.2. The summed E-state index contributed by atoms with van der Waals surface area (Å²) in [4.78, 5) is 12.4. The maximum absolute atomic E-state index is 12.4. The van der Waals surface area contributed by atoms with Crippen LogP contribution in [-0.4, -0.2) is 20.9 Å². The van der Waals surface area contributed by atoms with E-state index in [1.165, 1.54) is 38.2 Å². The van der Waals surface area contributed by atoms with Gasteiger partial charge in [0.15, 0.2) is 15.6 Å². The number of nitrogens with one attached hydrogen (secondary N) is 1. The van der Waals surface area contributed by atoms with Gasteiger partial charge < -0.3 is 9.73 Å². The third-order valence-electron chi connectivity index (χ3n) is 4.88. The van der Waals surface area contributed by atoms with Crippen LogP contribution in [0.1, 0.15) is 54.8 Å². The van der Waals surface area contributed by atoms with E-state index in [0.717, 1.165) is 6.42 Å². The van der Waals surface area contributed by atoms with Gasteiger partial charge in [0.05, 0.1) is 4.90 Å². The van der Waals surface area contributed by atoms with Gasteiger partial charge >= 0.3 is 0 Å². The van der Waals surface area contributed by atoms with Gasteiger partial charge in [-0.3, -0.25) is 4.79 Å². The van der Waals surface area contributed by atoms with Crippen LogP contribution < -0.4 is 5.32 Å². The average molecular weight is 375 g/mol. The van der Waals surface area contributed by atoms with Gasteiger partial charge in [0.2, 0.25) is 0 Å². The van der Waals surface area contributed by atoms with Gasteiger partial charge in [-0.25, -0.2) is 8.42 Å². The number of hydrogen-bond donors (Lipinski definition) is 1. The molecule has 1 fully saturated rings. The Labute approximate surface area is 154 Å². The molecule has 6 heteroatoms. The lowest BCUT2D eigenvalue weighted by Crippen LogP contribution is -2.26. The fourth-order valence-corrected chi connectivity index (χ4v) is 4.70. The minimum absolute atomic E-state index is 0.159. The minimum Gasteiger partial charge on any atom is -0.455 e. The number of amides is 1. The minimum atomic E-state index is -3.48. The molecule has 0 bridgehead atoms. The maximum Gasteiger partial charge on any atom is 0.286 e. The van der Waals surface area contributed by atoms with E-state index in [2.05, 4.69) is 5.32 Å². The Morgan fingerprint density at radius 3 is 2.50 bits per heavy atom. The van der Waals surface area contributed by atoms with Crippen LogP contribution in [0.25, 0.3) is 0 Å². The molecule has 1 amide bonds. The first-order valence-corrected chi connectivity index (χ1v) is 10.8. The van der Waals surface area contributed by atoms with Crippen LogP contribution in [-0.2, 0) is 15.6 Å². The van der Waals surface area contributed by atoms with E-state index >= 15 is 0 Å². The van der Waals surface area contributed by atoms with E-state index in [-0.39, 0.29) is 28.1 Å². The molecule has 1 N–H and O–H groups in total. The number of sulfone groups is 1. The van der Waals surface area contributed by atoms with E-state index < -0.39 is 9.84 Å². The lowest BCUT2D eigenvalue weighted by Gasteiger charge is -2.21. The molecular formula is C20H25NO4S. The zero-order valence-electron chi connectivity index (χ0n) is 14.8. The Bertz CT molecular complexity index is 821. The van der Waals surface area contributed by atoms with Crippen LogP contribution >= 0.6 is 0 Å². The molecule has 26 heavy (non-hydrogen) atoms. The van der Waals surface area contributed by atoms with Crippen molar-refractivity contribution in [1.29, 1.82) is 0 Å². The highest BCUT2D eigenvalue weighted by Crippen LogP contribution is 2.25. The number of carbonyl (C=O) groups excluding carboxylic acids is 1. The number of rotatable bonds is 7. The Kier molecular flexibility index (Phi) is 6.14. The molecule has 1 heterocycles. The SMILES string of the molecule is O=C(NCCC1CCCCC1)c1ccc(CS(=O)(=O)c2ccccc2)o1. The van der Waals surface area contributed by atoms with Crippen LogP contribution in [0.15, 0.2) is 51.8 Å². The number of hydrogen-bond acceptors (Lipinski definition) is 4. The molecule has 0 saturated heterocycles. The Morgan fingerprint density at radius 1 is 1.04 bits per heavy atom. The quantitative estimate of drug-likeness (QED) is 0.795. The molecule has 1 aromatic carbocycles. The van der Waals surface area contributed by atoms with Gasteiger partial charge in [-0.2, -0.15) is 0 Å². The second-order valence-corrected chi connectivity index (χ2v) is 8.88. The Hall–Kier alpha value is -2.08. The lowest BCUT2D eigenvalue weighted by molar-refractivity contribution is 0.0921. The molecule has 0 aliphatic heterocycles. The number of furan rings is 1. The standard InChI is InChI=1S/C20H25NO4S/c22-20(21-14-13-16-7-3-1-4-8-16)19-12-11-17(25-19)15-26(23,24)18-9-5-2-6-10-18/h2,5-6,9-12,16H,1,3-4,7-8,13-15H2,(H,21,22). The van der Waals surface area contributed by atoms with Crippen LogP contribution in [0.2, 0.25) is 0 Å². The van der Waals surface area contributed by atoms with Crippen LogP contribution in [0.5, 0.6) is 0 Å². The first-order chi connectivity index (χ1) is 12.5. The molecule has 0 spiro atoms. The summed E-state index contributed by atoms with van der Waals surface area (Å²) in [7, 11) is -3.48. The zero-order chi connectivity index (χ0) is 18.4. The summed E-state index contributed by atoms with van der Waals surface area (Å²) in [5, 5.41) is 2.87. The third-order valence-corrected chi connectivity index (χ3v) is 6.54. The highest BCUT2D eigenvalue weighted by Gasteiger charge is 2.19. The molecule has 0 unspecified atom stereocenters. The summed E-state index contributed by atoms with van der Waals surface area (Å²) in [5.74, 6) is 0.585. The second kappa shape index (κ2) is 8.54. The maximum atomic E-state index is 12.4. The van der Waals surface area contributed by atoms with E-state index in [0.29, 0.717) is 12.5 Å². The summed E-state index contributed by atoms with van der Waals surface area (Å²) in [6.45, 7) is 0.627. The molecule has 1 aliphatic rings. The van der Waals surface area contributed by atoms with Crippen molar-refractivity contribution in [3.05, 3.63) is 54.0 Å². The van der Waals surface area contributed by atoms with Crippen molar-refractivity contribution in [2.24, 2.45) is 5.92 Å². The topological polar surface area (TPSA) is 76.4 Å². The third kappa shape index (κ3) is 4.97. The van der Waals surface area contributed by atoms with Gasteiger partial charge in [0, 0.05) is 6.54 Å². The molecule has 2 aromatic rings. The smallest absolute Gasteiger partial charge is 0.286 e. The van der Waals surface area contributed by atoms with Crippen molar-refractivity contribution >= 4 is 15.7 Å². The zero-order valence-corrected chi connectivity index (χ0v) is 15.6. The lowest BCUT2D eigenvalue weighted by atomic mass is 9.87. The number of benzene rings is 1. The van der Waals surface area contributed by atoms with Crippen molar-refractivity contribution in [2.45, 2.75) is 49.2 Å². The Morgan fingerprint density at radius 2 is 1.77 bits per heavy atom. The molecule has 1 aromatic heterocycles. The summed E-state index contributed by atoms with van der Waals surface area (Å²) in [6.07, 6.45) is 7.38. The normalized spacial score (nSPS) is 15.7. The number of carbonyl (C=O) groups is 1. The molecule has 1 saturated carbocycles. The molecular weight excluding hydrogens is 350 g/mol. The van der Waals surface area contributed by atoms with Gasteiger partial charge in [-0.15, -0.1) is 0 Å². The largest absolute Gasteiger partial charge is 0.455 e. The van der Waals surface area contributed by atoms with Gasteiger partial charge in [-0.1, -0.05) is 50.3 Å². The molecule has 140 valence electrons. The van der Waals surface area contributed by atoms with Crippen molar-refractivity contribution < 1.29 is 17.6 Å². The molecule has 3 rings (SSSR count). The predicted molar refractivity (Wildman–Crippen MR) is 99.6 cm³/mol. The Balaban J connectivity index is 1.53. The van der Waals surface area contributed by atoms with Crippen molar-refractivity contribution in [3.8, 4) is 0 Å². The van der Waals surface area contributed by atoms with E-state index in [4.69, 9.17) is 4.42 Å². The van der Waals surface area contributed by atoms with E-state index in [1.807, 2.05) is 0 Å². The highest BCUT2D eigenvalue weighted by molar-refractivity contribution is 7.90. The summed E-state index contributed by atoms with van der Waals surface area (Å²) < 4.78 is 30.2. The van der Waals surface area contributed by atoms with E-state index in [9.17, 15) is 13.2 Å². The summed E-state index contributed by atoms with van der Waals surface area (Å²) >= 11 is 0. The summed E-state index contributed by atoms with van der Waals surface area (Å²) in [6, 6.07) is 11.3. The summed E-state index contributed by atoms with van der Waals surface area (Å²) in [5.41, 5.74) is 0. The van der Waals surface area contributed by atoms with Gasteiger partial charge in [0.25, 0.3) is 5.91 Å². The molecule has 1 aliphatic carbocycles. The van der Waals surface area contributed by atoms with Crippen LogP contribution in [0.3, 0.4) is 0 Å². The first-order valence-electron chi connectivity index (χ1n) is 9.19.